The van der Waals surface area contributed by atoms with Crippen LogP contribution in [0.3, 0.4) is 0 Å². The van der Waals surface area contributed by atoms with Crippen molar-refractivity contribution in [1.82, 2.24) is 19.9 Å². The fraction of sp³-hybridized carbons (Fsp3) is 0. The molecular weight excluding hydrogens is 464 g/mol. The second-order valence-electron chi connectivity index (χ2n) is 9.14. The molecule has 0 aliphatic heterocycles. The molecule has 0 radical (unpaired) electrons. The molecule has 0 amide bonds. The van der Waals surface area contributed by atoms with Crippen LogP contribution in [0.4, 0.5) is 0 Å². The number of fused-ring (bicyclic) bond motifs is 2. The summed E-state index contributed by atoms with van der Waals surface area (Å²) in [6.07, 6.45) is 7.43. The van der Waals surface area contributed by atoms with Gasteiger partial charge in [-0.05, 0) is 70.1 Å². The molecule has 178 valence electrons. The summed E-state index contributed by atoms with van der Waals surface area (Å²) in [4.78, 5) is 18.8. The Bertz CT molecular complexity index is 1680. The highest BCUT2D eigenvalue weighted by Gasteiger charge is 2.18. The van der Waals surface area contributed by atoms with Crippen LogP contribution in [-0.2, 0) is 0 Å². The van der Waals surface area contributed by atoms with Crippen LogP contribution in [0.2, 0.25) is 0 Å². The van der Waals surface area contributed by atoms with Gasteiger partial charge in [-0.15, -0.1) is 0 Å². The van der Waals surface area contributed by atoms with Crippen LogP contribution in [0.5, 0.6) is 0 Å². The van der Waals surface area contributed by atoms with Gasteiger partial charge in [-0.1, -0.05) is 60.7 Å². The lowest BCUT2D eigenvalue weighted by molar-refractivity contribution is 1.28. The Hall–Kier alpha value is -5.22. The van der Waals surface area contributed by atoms with Gasteiger partial charge < -0.3 is 0 Å². The van der Waals surface area contributed by atoms with Gasteiger partial charge in [0.15, 0.2) is 0 Å². The molecule has 4 aromatic heterocycles. The van der Waals surface area contributed by atoms with Gasteiger partial charge in [-0.2, -0.15) is 0 Å². The summed E-state index contributed by atoms with van der Waals surface area (Å²) >= 11 is 0. The SMILES string of the molecule is c1ccc(-c2ccc(-c3c4ccccc4c(-c4ccc(-c5ccccn5)cn4)c4ccccc34)nc2)nc1. The number of nitrogens with zero attached hydrogens (tertiary/aromatic N) is 4. The lowest BCUT2D eigenvalue weighted by Gasteiger charge is -2.17. The molecule has 7 rings (SSSR count). The highest BCUT2D eigenvalue weighted by atomic mass is 14.7. The summed E-state index contributed by atoms with van der Waals surface area (Å²) in [6, 6.07) is 37.3. The Morgan fingerprint density at radius 1 is 0.316 bits per heavy atom. The van der Waals surface area contributed by atoms with Crippen molar-refractivity contribution in [2.24, 2.45) is 0 Å². The third-order valence-corrected chi connectivity index (χ3v) is 6.89. The van der Waals surface area contributed by atoms with Crippen LogP contribution in [0.25, 0.3) is 66.6 Å². The third kappa shape index (κ3) is 3.80. The molecule has 0 unspecified atom stereocenters. The Morgan fingerprint density at radius 3 is 1.03 bits per heavy atom. The first-order valence-corrected chi connectivity index (χ1v) is 12.6. The molecular formula is C34H22N4. The molecule has 0 saturated carbocycles. The van der Waals surface area contributed by atoms with E-state index in [0.29, 0.717) is 0 Å². The van der Waals surface area contributed by atoms with Gasteiger partial charge in [0, 0.05) is 47.0 Å². The number of aromatic nitrogens is 4. The molecule has 0 aliphatic carbocycles. The molecule has 4 heteroatoms. The summed E-state index contributed by atoms with van der Waals surface area (Å²) in [7, 11) is 0. The molecule has 0 saturated heterocycles. The van der Waals surface area contributed by atoms with Crippen LogP contribution in [0.1, 0.15) is 0 Å². The van der Waals surface area contributed by atoms with Gasteiger partial charge >= 0.3 is 0 Å². The molecule has 7 aromatic rings. The average molecular weight is 487 g/mol. The van der Waals surface area contributed by atoms with E-state index in [1.165, 1.54) is 0 Å². The van der Waals surface area contributed by atoms with Crippen molar-refractivity contribution in [3.8, 4) is 45.0 Å². The van der Waals surface area contributed by atoms with Gasteiger partial charge in [0.05, 0.1) is 22.8 Å². The number of benzene rings is 3. The van der Waals surface area contributed by atoms with Crippen LogP contribution >= 0.6 is 0 Å². The summed E-state index contributed by atoms with van der Waals surface area (Å²) in [6.45, 7) is 0. The minimum absolute atomic E-state index is 0.914. The maximum Gasteiger partial charge on any atom is 0.0717 e. The Kier molecular flexibility index (Phi) is 5.41. The first kappa shape index (κ1) is 22.0. The normalized spacial score (nSPS) is 11.2. The Labute approximate surface area is 220 Å². The largest absolute Gasteiger partial charge is 0.256 e. The van der Waals surface area contributed by atoms with E-state index in [0.717, 1.165) is 66.6 Å². The molecule has 3 aromatic carbocycles. The third-order valence-electron chi connectivity index (χ3n) is 6.89. The average Bonchev–Trinajstić information content (AvgIpc) is 3.01. The highest BCUT2D eigenvalue weighted by molar-refractivity contribution is 6.20. The molecule has 0 N–H and O–H groups in total. The maximum absolute atomic E-state index is 4.91. The smallest absolute Gasteiger partial charge is 0.0717 e. The fourth-order valence-corrected chi connectivity index (χ4v) is 5.13. The topological polar surface area (TPSA) is 51.6 Å². The van der Waals surface area contributed by atoms with Crippen molar-refractivity contribution >= 4 is 21.5 Å². The molecule has 4 heterocycles. The number of rotatable bonds is 4. The lowest BCUT2D eigenvalue weighted by atomic mass is 9.88. The van der Waals surface area contributed by atoms with Crippen molar-refractivity contribution in [3.05, 3.63) is 134 Å². The molecule has 0 fully saturated rings. The van der Waals surface area contributed by atoms with Crippen molar-refractivity contribution in [2.45, 2.75) is 0 Å². The summed E-state index contributed by atoms with van der Waals surface area (Å²) in [5, 5.41) is 4.59. The van der Waals surface area contributed by atoms with Gasteiger partial charge in [-0.3, -0.25) is 19.9 Å². The van der Waals surface area contributed by atoms with Crippen molar-refractivity contribution in [1.29, 1.82) is 0 Å². The number of hydrogen-bond acceptors (Lipinski definition) is 4. The predicted octanol–water partition coefficient (Wildman–Crippen LogP) is 8.24. The highest BCUT2D eigenvalue weighted by Crippen LogP contribution is 2.42. The second kappa shape index (κ2) is 9.34. The van der Waals surface area contributed by atoms with Gasteiger partial charge in [0.1, 0.15) is 0 Å². The summed E-state index contributed by atoms with van der Waals surface area (Å²) in [5.41, 5.74) is 7.93. The zero-order chi connectivity index (χ0) is 25.3. The van der Waals surface area contributed by atoms with E-state index in [2.05, 4.69) is 82.8 Å². The van der Waals surface area contributed by atoms with Crippen LogP contribution in [-0.4, -0.2) is 19.9 Å². The van der Waals surface area contributed by atoms with E-state index in [4.69, 9.17) is 9.97 Å². The van der Waals surface area contributed by atoms with E-state index >= 15 is 0 Å². The van der Waals surface area contributed by atoms with Crippen molar-refractivity contribution in [2.75, 3.05) is 0 Å². The number of pyridine rings is 4. The first-order chi connectivity index (χ1) is 18.9. The molecule has 0 bridgehead atoms. The van der Waals surface area contributed by atoms with Gasteiger partial charge in [0.2, 0.25) is 0 Å². The van der Waals surface area contributed by atoms with Crippen molar-refractivity contribution < 1.29 is 0 Å². The van der Waals surface area contributed by atoms with Crippen LogP contribution in [0.15, 0.2) is 134 Å². The van der Waals surface area contributed by atoms with E-state index in [1.807, 2.05) is 48.8 Å². The number of hydrogen-bond donors (Lipinski definition) is 0. The zero-order valence-corrected chi connectivity index (χ0v) is 20.5. The first-order valence-electron chi connectivity index (χ1n) is 12.6. The van der Waals surface area contributed by atoms with Gasteiger partial charge in [-0.25, -0.2) is 0 Å². The predicted molar refractivity (Wildman–Crippen MR) is 154 cm³/mol. The maximum atomic E-state index is 4.91. The van der Waals surface area contributed by atoms with E-state index in [1.54, 1.807) is 12.4 Å². The minimum Gasteiger partial charge on any atom is -0.256 e. The summed E-state index contributed by atoms with van der Waals surface area (Å²) in [5.74, 6) is 0. The Balaban J connectivity index is 1.43. The van der Waals surface area contributed by atoms with Crippen molar-refractivity contribution in [3.63, 3.8) is 0 Å². The second-order valence-corrected chi connectivity index (χ2v) is 9.14. The Morgan fingerprint density at radius 2 is 0.711 bits per heavy atom. The monoisotopic (exact) mass is 486 g/mol. The minimum atomic E-state index is 0.914. The summed E-state index contributed by atoms with van der Waals surface area (Å²) < 4.78 is 0. The lowest BCUT2D eigenvalue weighted by Crippen LogP contribution is -1.94. The standard InChI is InChI=1S/C34H22N4/c1-2-10-26-25(9-1)33(31-17-15-23(21-37-31)29-13-5-7-19-35-29)27-11-3-4-12-28(27)34(26)32-18-16-24(22-38-32)30-14-6-8-20-36-30/h1-22H. The fourth-order valence-electron chi connectivity index (χ4n) is 5.13. The van der Waals surface area contributed by atoms with Crippen LogP contribution < -0.4 is 0 Å². The quantitative estimate of drug-likeness (QED) is 0.235. The van der Waals surface area contributed by atoms with E-state index in [-0.39, 0.29) is 0 Å². The molecule has 0 atom stereocenters. The van der Waals surface area contributed by atoms with E-state index < -0.39 is 0 Å². The molecule has 0 aliphatic rings. The van der Waals surface area contributed by atoms with Crippen LogP contribution in [0, 0.1) is 0 Å². The molecule has 4 nitrogen and oxygen atoms in total. The molecule has 38 heavy (non-hydrogen) atoms. The van der Waals surface area contributed by atoms with Gasteiger partial charge in [0.25, 0.3) is 0 Å². The van der Waals surface area contributed by atoms with E-state index in [9.17, 15) is 0 Å². The zero-order valence-electron chi connectivity index (χ0n) is 20.5. The molecule has 0 spiro atoms.